The second-order valence-electron chi connectivity index (χ2n) is 7.05. The van der Waals surface area contributed by atoms with Crippen LogP contribution in [-0.4, -0.2) is 48.1 Å². The molecule has 0 N–H and O–H groups in total. The Balaban J connectivity index is 1.35. The van der Waals surface area contributed by atoms with Gasteiger partial charge in [-0.25, -0.2) is 0 Å². The third-order valence-corrected chi connectivity index (χ3v) is 6.22. The molecule has 1 amide bonds. The van der Waals surface area contributed by atoms with E-state index in [0.29, 0.717) is 42.2 Å². The largest absolute Gasteiger partial charge is 0.491 e. The number of nitrogens with zero attached hydrogens (tertiary/aromatic N) is 1. The van der Waals surface area contributed by atoms with Crippen LogP contribution in [0.4, 0.5) is 0 Å². The molecule has 1 saturated heterocycles. The van der Waals surface area contributed by atoms with Crippen LogP contribution in [-0.2, 0) is 9.53 Å². The highest BCUT2D eigenvalue weighted by molar-refractivity contribution is 8.26. The van der Waals surface area contributed by atoms with Crippen molar-refractivity contribution in [3.63, 3.8) is 0 Å². The Kier molecular flexibility index (Phi) is 8.51. The SMILES string of the molecule is CCN1C(=O)C(=Cc2ccc(OCCOCCOc3ccc(C)c(C)c3)cc2)SC1=S. The summed E-state index contributed by atoms with van der Waals surface area (Å²) in [6, 6.07) is 13.7. The number of thiocarbonyl (C=S) groups is 1. The van der Waals surface area contributed by atoms with Crippen LogP contribution >= 0.6 is 24.0 Å². The van der Waals surface area contributed by atoms with E-state index in [0.717, 1.165) is 17.1 Å². The minimum atomic E-state index is -0.0310. The number of benzene rings is 2. The zero-order valence-corrected chi connectivity index (χ0v) is 19.7. The third-order valence-electron chi connectivity index (χ3n) is 4.84. The predicted octanol–water partition coefficient (Wildman–Crippen LogP) is 5.00. The van der Waals surface area contributed by atoms with E-state index in [-0.39, 0.29) is 5.91 Å². The molecule has 7 heteroatoms. The number of aryl methyl sites for hydroxylation is 2. The first-order valence-corrected chi connectivity index (χ1v) is 11.5. The van der Waals surface area contributed by atoms with Gasteiger partial charge in [0.05, 0.1) is 18.1 Å². The number of hydrogen-bond acceptors (Lipinski definition) is 6. The zero-order valence-electron chi connectivity index (χ0n) is 18.1. The Bertz CT molecular complexity index is 957. The van der Waals surface area contributed by atoms with Gasteiger partial charge in [-0.15, -0.1) is 0 Å². The first kappa shape index (κ1) is 23.3. The fourth-order valence-electron chi connectivity index (χ4n) is 2.93. The summed E-state index contributed by atoms with van der Waals surface area (Å²) in [6.45, 7) is 8.61. The molecule has 31 heavy (non-hydrogen) atoms. The summed E-state index contributed by atoms with van der Waals surface area (Å²) in [7, 11) is 0. The van der Waals surface area contributed by atoms with Gasteiger partial charge >= 0.3 is 0 Å². The summed E-state index contributed by atoms with van der Waals surface area (Å²) in [5.41, 5.74) is 3.40. The van der Waals surface area contributed by atoms with Gasteiger partial charge in [0.15, 0.2) is 0 Å². The Morgan fingerprint density at radius 2 is 1.58 bits per heavy atom. The molecule has 0 aromatic heterocycles. The first-order valence-electron chi connectivity index (χ1n) is 10.2. The van der Waals surface area contributed by atoms with Gasteiger partial charge in [-0.3, -0.25) is 9.69 Å². The number of carbonyl (C=O) groups excluding carboxylic acids is 1. The van der Waals surface area contributed by atoms with Crippen LogP contribution in [0.1, 0.15) is 23.6 Å². The van der Waals surface area contributed by atoms with Gasteiger partial charge in [-0.1, -0.05) is 42.2 Å². The maximum atomic E-state index is 12.3. The second-order valence-corrected chi connectivity index (χ2v) is 8.73. The van der Waals surface area contributed by atoms with E-state index in [1.165, 1.54) is 22.9 Å². The van der Waals surface area contributed by atoms with Crippen molar-refractivity contribution in [2.45, 2.75) is 20.8 Å². The lowest BCUT2D eigenvalue weighted by atomic mass is 10.1. The number of likely N-dealkylation sites (N-methyl/N-ethyl adjacent to an activating group) is 1. The minimum absolute atomic E-state index is 0.0310. The zero-order chi connectivity index (χ0) is 22.2. The molecule has 0 spiro atoms. The molecule has 1 aliphatic heterocycles. The monoisotopic (exact) mass is 457 g/mol. The van der Waals surface area contributed by atoms with E-state index in [4.69, 9.17) is 26.4 Å². The smallest absolute Gasteiger partial charge is 0.266 e. The molecule has 0 radical (unpaired) electrons. The van der Waals surface area contributed by atoms with Crippen LogP contribution in [0.2, 0.25) is 0 Å². The molecule has 0 bridgehead atoms. The van der Waals surface area contributed by atoms with Gasteiger partial charge in [-0.05, 0) is 67.8 Å². The Morgan fingerprint density at radius 1 is 0.935 bits per heavy atom. The Labute approximate surface area is 193 Å². The molecule has 164 valence electrons. The van der Waals surface area contributed by atoms with E-state index in [1.54, 1.807) is 4.90 Å². The van der Waals surface area contributed by atoms with Crippen LogP contribution < -0.4 is 9.47 Å². The van der Waals surface area contributed by atoms with Crippen molar-refractivity contribution in [1.82, 2.24) is 4.90 Å². The highest BCUT2D eigenvalue weighted by Gasteiger charge is 2.30. The summed E-state index contributed by atoms with van der Waals surface area (Å²) in [4.78, 5) is 14.5. The molecule has 3 rings (SSSR count). The number of hydrogen-bond donors (Lipinski definition) is 0. The van der Waals surface area contributed by atoms with Crippen LogP contribution in [0.5, 0.6) is 11.5 Å². The second kappa shape index (κ2) is 11.3. The fraction of sp³-hybridized carbons (Fsp3) is 0.333. The average Bonchev–Trinajstić information content (AvgIpc) is 3.03. The van der Waals surface area contributed by atoms with E-state index in [9.17, 15) is 4.79 Å². The highest BCUT2D eigenvalue weighted by Crippen LogP contribution is 2.32. The summed E-state index contributed by atoms with van der Waals surface area (Å²) in [5.74, 6) is 1.59. The number of ether oxygens (including phenoxy) is 3. The van der Waals surface area contributed by atoms with Gasteiger partial charge < -0.3 is 14.2 Å². The summed E-state index contributed by atoms with van der Waals surface area (Å²) >= 11 is 6.58. The van der Waals surface area contributed by atoms with Crippen molar-refractivity contribution in [3.8, 4) is 11.5 Å². The topological polar surface area (TPSA) is 48.0 Å². The van der Waals surface area contributed by atoms with Crippen LogP contribution in [0.25, 0.3) is 6.08 Å². The van der Waals surface area contributed by atoms with E-state index < -0.39 is 0 Å². The van der Waals surface area contributed by atoms with Crippen molar-refractivity contribution in [3.05, 3.63) is 64.1 Å². The molecule has 1 aliphatic rings. The number of thioether (sulfide) groups is 1. The van der Waals surface area contributed by atoms with Crippen LogP contribution in [0.3, 0.4) is 0 Å². The Hall–Kier alpha value is -2.35. The highest BCUT2D eigenvalue weighted by atomic mass is 32.2. The molecular weight excluding hydrogens is 430 g/mol. The summed E-state index contributed by atoms with van der Waals surface area (Å²) in [5, 5.41) is 0. The Morgan fingerprint density at radius 3 is 2.19 bits per heavy atom. The molecule has 0 aliphatic carbocycles. The molecule has 0 saturated carbocycles. The van der Waals surface area contributed by atoms with Gasteiger partial charge in [0.2, 0.25) is 0 Å². The van der Waals surface area contributed by atoms with Crippen molar-refractivity contribution in [2.75, 3.05) is 33.0 Å². The fourth-order valence-corrected chi connectivity index (χ4v) is 4.31. The standard InChI is InChI=1S/C24H27NO4S2/c1-4-25-23(26)22(31-24(25)30)16-19-6-9-20(10-7-19)28-13-11-27-12-14-29-21-8-5-17(2)18(3)15-21/h5-10,15-16H,4,11-14H2,1-3H3. The molecule has 1 heterocycles. The lowest BCUT2D eigenvalue weighted by Crippen LogP contribution is -2.27. The van der Waals surface area contributed by atoms with Gasteiger partial charge in [0.25, 0.3) is 5.91 Å². The molecule has 2 aromatic carbocycles. The minimum Gasteiger partial charge on any atom is -0.491 e. The van der Waals surface area contributed by atoms with Gasteiger partial charge in [0.1, 0.15) is 29.0 Å². The number of rotatable bonds is 10. The van der Waals surface area contributed by atoms with Crippen molar-refractivity contribution >= 4 is 40.3 Å². The molecule has 0 atom stereocenters. The molecule has 5 nitrogen and oxygen atoms in total. The van der Waals surface area contributed by atoms with E-state index in [1.807, 2.05) is 49.4 Å². The molecule has 2 aromatic rings. The lowest BCUT2D eigenvalue weighted by Gasteiger charge is -2.10. The van der Waals surface area contributed by atoms with Crippen molar-refractivity contribution in [1.29, 1.82) is 0 Å². The summed E-state index contributed by atoms with van der Waals surface area (Å²) in [6.07, 6.45) is 1.86. The van der Waals surface area contributed by atoms with Crippen molar-refractivity contribution in [2.24, 2.45) is 0 Å². The first-order chi connectivity index (χ1) is 15.0. The molecule has 0 unspecified atom stereocenters. The van der Waals surface area contributed by atoms with E-state index >= 15 is 0 Å². The van der Waals surface area contributed by atoms with Gasteiger partial charge in [-0.2, -0.15) is 0 Å². The molecule has 1 fully saturated rings. The number of carbonyl (C=O) groups is 1. The maximum Gasteiger partial charge on any atom is 0.266 e. The summed E-state index contributed by atoms with van der Waals surface area (Å²) < 4.78 is 17.6. The normalized spacial score (nSPS) is 15.1. The predicted molar refractivity (Wildman–Crippen MR) is 130 cm³/mol. The average molecular weight is 458 g/mol. The maximum absolute atomic E-state index is 12.3. The van der Waals surface area contributed by atoms with Crippen LogP contribution in [0, 0.1) is 13.8 Å². The lowest BCUT2D eigenvalue weighted by molar-refractivity contribution is -0.121. The number of amides is 1. The van der Waals surface area contributed by atoms with Crippen molar-refractivity contribution < 1.29 is 19.0 Å². The van der Waals surface area contributed by atoms with Gasteiger partial charge in [0, 0.05) is 6.54 Å². The molecular formula is C24H27NO4S2. The van der Waals surface area contributed by atoms with E-state index in [2.05, 4.69) is 19.9 Å². The quantitative estimate of drug-likeness (QED) is 0.284. The third kappa shape index (κ3) is 6.56. The van der Waals surface area contributed by atoms with Crippen LogP contribution in [0.15, 0.2) is 47.4 Å².